The summed E-state index contributed by atoms with van der Waals surface area (Å²) in [6.45, 7) is 1.91. The summed E-state index contributed by atoms with van der Waals surface area (Å²) >= 11 is 0. The van der Waals surface area contributed by atoms with E-state index in [-0.39, 0.29) is 17.8 Å². The van der Waals surface area contributed by atoms with Gasteiger partial charge in [0.15, 0.2) is 0 Å². The van der Waals surface area contributed by atoms with Crippen LogP contribution in [-0.4, -0.2) is 32.2 Å². The molecule has 0 aromatic heterocycles. The fourth-order valence-electron chi connectivity index (χ4n) is 3.78. The van der Waals surface area contributed by atoms with Gasteiger partial charge in [-0.15, -0.1) is 0 Å². The van der Waals surface area contributed by atoms with Crippen molar-refractivity contribution in [1.29, 1.82) is 0 Å². The number of anilines is 2. The lowest BCUT2D eigenvalue weighted by atomic mass is 10.0. The Balaban J connectivity index is 1.39. The molecular formula is C25H25FN2O2. The Kier molecular flexibility index (Phi) is 6.10. The van der Waals surface area contributed by atoms with E-state index in [4.69, 9.17) is 4.74 Å². The number of amides is 1. The summed E-state index contributed by atoms with van der Waals surface area (Å²) in [5.74, 6) is -0.426. The summed E-state index contributed by atoms with van der Waals surface area (Å²) < 4.78 is 18.6. The third-order valence-corrected chi connectivity index (χ3v) is 5.53. The van der Waals surface area contributed by atoms with Crippen molar-refractivity contribution in [1.82, 2.24) is 0 Å². The minimum atomic E-state index is -0.264. The maximum Gasteiger partial charge on any atom is 0.255 e. The molecule has 0 radical (unpaired) electrons. The van der Waals surface area contributed by atoms with Gasteiger partial charge < -0.3 is 15.0 Å². The summed E-state index contributed by atoms with van der Waals surface area (Å²) in [7, 11) is 1.76. The number of halogens is 1. The van der Waals surface area contributed by atoms with Crippen LogP contribution in [0.2, 0.25) is 0 Å². The highest BCUT2D eigenvalue weighted by Gasteiger charge is 2.19. The first-order chi connectivity index (χ1) is 14.6. The molecule has 1 unspecified atom stereocenters. The van der Waals surface area contributed by atoms with Crippen LogP contribution < -0.4 is 10.2 Å². The largest absolute Gasteiger partial charge is 0.380 e. The normalized spacial score (nSPS) is 16.3. The summed E-state index contributed by atoms with van der Waals surface area (Å²) in [6, 6.07) is 21.5. The molecule has 154 valence electrons. The zero-order chi connectivity index (χ0) is 20.9. The van der Waals surface area contributed by atoms with Crippen LogP contribution in [0.4, 0.5) is 15.8 Å². The number of methoxy groups -OCH3 is 1. The molecule has 30 heavy (non-hydrogen) atoms. The molecule has 1 aliphatic heterocycles. The van der Waals surface area contributed by atoms with Crippen LogP contribution in [0.1, 0.15) is 23.2 Å². The first-order valence-corrected chi connectivity index (χ1v) is 10.2. The zero-order valence-corrected chi connectivity index (χ0v) is 17.0. The van der Waals surface area contributed by atoms with Crippen molar-refractivity contribution in [2.45, 2.75) is 18.9 Å². The van der Waals surface area contributed by atoms with Gasteiger partial charge in [-0.1, -0.05) is 24.3 Å². The number of hydrogen-bond donors (Lipinski definition) is 1. The second kappa shape index (κ2) is 9.09. The molecule has 0 bridgehead atoms. The fraction of sp³-hybridized carbons (Fsp3) is 0.240. The molecule has 3 aromatic carbocycles. The van der Waals surface area contributed by atoms with Crippen molar-refractivity contribution in [3.05, 3.63) is 84.2 Å². The Bertz CT molecular complexity index is 985. The Morgan fingerprint density at radius 1 is 0.967 bits per heavy atom. The number of piperidine rings is 1. The molecule has 1 heterocycles. The average Bonchev–Trinajstić information content (AvgIpc) is 2.80. The van der Waals surface area contributed by atoms with Crippen molar-refractivity contribution in [3.63, 3.8) is 0 Å². The summed E-state index contributed by atoms with van der Waals surface area (Å²) in [5, 5.41) is 2.94. The Morgan fingerprint density at radius 2 is 1.60 bits per heavy atom. The topological polar surface area (TPSA) is 41.6 Å². The zero-order valence-electron chi connectivity index (χ0n) is 17.0. The fourth-order valence-corrected chi connectivity index (χ4v) is 3.78. The van der Waals surface area contributed by atoms with Crippen LogP contribution in [0.3, 0.4) is 0 Å². The minimum absolute atomic E-state index is 0.161. The number of carbonyl (C=O) groups is 1. The van der Waals surface area contributed by atoms with Gasteiger partial charge in [0.2, 0.25) is 0 Å². The number of rotatable bonds is 5. The second-order valence-corrected chi connectivity index (χ2v) is 7.53. The number of hydrogen-bond acceptors (Lipinski definition) is 3. The highest BCUT2D eigenvalue weighted by atomic mass is 19.1. The number of nitrogens with zero attached hydrogens (tertiary/aromatic N) is 1. The van der Waals surface area contributed by atoms with E-state index >= 15 is 0 Å². The van der Waals surface area contributed by atoms with Gasteiger partial charge in [-0.3, -0.25) is 4.79 Å². The highest BCUT2D eigenvalue weighted by molar-refractivity contribution is 6.04. The lowest BCUT2D eigenvalue weighted by Gasteiger charge is -2.33. The minimum Gasteiger partial charge on any atom is -0.380 e. The molecule has 3 aromatic rings. The van der Waals surface area contributed by atoms with E-state index in [2.05, 4.69) is 10.2 Å². The quantitative estimate of drug-likeness (QED) is 0.622. The Hall–Kier alpha value is -3.18. The number of nitrogens with one attached hydrogen (secondary N) is 1. The van der Waals surface area contributed by atoms with Crippen LogP contribution in [0.25, 0.3) is 11.1 Å². The van der Waals surface area contributed by atoms with Gasteiger partial charge in [0.1, 0.15) is 5.82 Å². The standard InChI is InChI=1S/C25H25FN2O2/c1-30-24-3-2-16-28(17-24)23-14-12-22(13-15-23)27-25(29)20-6-4-18(5-7-20)19-8-10-21(26)11-9-19/h4-15,24H,2-3,16-17H2,1H3,(H,27,29). The molecule has 4 rings (SSSR count). The van der Waals surface area contributed by atoms with Crippen molar-refractivity contribution >= 4 is 17.3 Å². The second-order valence-electron chi connectivity index (χ2n) is 7.53. The third kappa shape index (κ3) is 4.69. The van der Waals surface area contributed by atoms with Gasteiger partial charge in [-0.25, -0.2) is 4.39 Å². The van der Waals surface area contributed by atoms with Gasteiger partial charge in [0, 0.05) is 37.1 Å². The maximum atomic E-state index is 13.1. The molecule has 1 atom stereocenters. The van der Waals surface area contributed by atoms with Gasteiger partial charge in [0.05, 0.1) is 6.10 Å². The summed E-state index contributed by atoms with van der Waals surface area (Å²) in [6.07, 6.45) is 2.49. The SMILES string of the molecule is COC1CCCN(c2ccc(NC(=O)c3ccc(-c4ccc(F)cc4)cc3)cc2)C1. The van der Waals surface area contributed by atoms with Gasteiger partial charge in [-0.2, -0.15) is 0 Å². The number of carbonyl (C=O) groups excluding carboxylic acids is 1. The van der Waals surface area contributed by atoms with Crippen molar-refractivity contribution in [2.75, 3.05) is 30.4 Å². The molecule has 0 spiro atoms. The molecule has 1 aliphatic rings. The maximum absolute atomic E-state index is 13.1. The molecule has 1 fully saturated rings. The Morgan fingerprint density at radius 3 is 2.23 bits per heavy atom. The van der Waals surface area contributed by atoms with Crippen molar-refractivity contribution < 1.29 is 13.9 Å². The van der Waals surface area contributed by atoms with Crippen LogP contribution in [0, 0.1) is 5.82 Å². The van der Waals surface area contributed by atoms with E-state index in [0.29, 0.717) is 5.56 Å². The predicted octanol–water partition coefficient (Wildman–Crippen LogP) is 5.36. The van der Waals surface area contributed by atoms with Crippen molar-refractivity contribution in [2.24, 2.45) is 0 Å². The van der Waals surface area contributed by atoms with Gasteiger partial charge in [-0.05, 0) is 72.5 Å². The van der Waals surface area contributed by atoms with Gasteiger partial charge >= 0.3 is 0 Å². The average molecular weight is 404 g/mol. The molecular weight excluding hydrogens is 379 g/mol. The highest BCUT2D eigenvalue weighted by Crippen LogP contribution is 2.24. The molecule has 1 saturated heterocycles. The van der Waals surface area contributed by atoms with E-state index < -0.39 is 0 Å². The molecule has 4 nitrogen and oxygen atoms in total. The smallest absolute Gasteiger partial charge is 0.255 e. The predicted molar refractivity (Wildman–Crippen MR) is 118 cm³/mol. The van der Waals surface area contributed by atoms with E-state index in [0.717, 1.165) is 48.4 Å². The van der Waals surface area contributed by atoms with Crippen LogP contribution in [0.5, 0.6) is 0 Å². The molecule has 0 saturated carbocycles. The lowest BCUT2D eigenvalue weighted by molar-refractivity contribution is 0.0893. The monoisotopic (exact) mass is 404 g/mol. The molecule has 0 aliphatic carbocycles. The summed E-state index contributed by atoms with van der Waals surface area (Å²) in [5.41, 5.74) is 4.31. The van der Waals surface area contributed by atoms with E-state index in [1.165, 1.54) is 12.1 Å². The first kappa shape index (κ1) is 20.1. The first-order valence-electron chi connectivity index (χ1n) is 10.2. The van der Waals surface area contributed by atoms with E-state index in [1.807, 2.05) is 36.4 Å². The van der Waals surface area contributed by atoms with E-state index in [9.17, 15) is 9.18 Å². The van der Waals surface area contributed by atoms with Crippen LogP contribution in [0.15, 0.2) is 72.8 Å². The van der Waals surface area contributed by atoms with Crippen molar-refractivity contribution in [3.8, 4) is 11.1 Å². The molecule has 1 N–H and O–H groups in total. The van der Waals surface area contributed by atoms with Gasteiger partial charge in [0.25, 0.3) is 5.91 Å². The Labute approximate surface area is 176 Å². The number of ether oxygens (including phenoxy) is 1. The molecule has 5 heteroatoms. The molecule has 1 amide bonds. The summed E-state index contributed by atoms with van der Waals surface area (Å²) in [4.78, 5) is 14.9. The van der Waals surface area contributed by atoms with Crippen LogP contribution >= 0.6 is 0 Å². The van der Waals surface area contributed by atoms with E-state index in [1.54, 1.807) is 31.4 Å². The van der Waals surface area contributed by atoms with Crippen LogP contribution in [-0.2, 0) is 4.74 Å². The third-order valence-electron chi connectivity index (χ3n) is 5.53. The number of benzene rings is 3. The lowest BCUT2D eigenvalue weighted by Crippen LogP contribution is -2.39.